The third-order valence-corrected chi connectivity index (χ3v) is 1.78. The number of aliphatic hydroxyl groups excluding tert-OH is 1. The summed E-state index contributed by atoms with van der Waals surface area (Å²) in [7, 11) is 0. The lowest BCUT2D eigenvalue weighted by Crippen LogP contribution is -2.41. The Hall–Kier alpha value is 0.170. The molecule has 1 aliphatic rings. The molecule has 1 saturated heterocycles. The lowest BCUT2D eigenvalue weighted by molar-refractivity contribution is 0.0286. The molecule has 1 heterocycles. The topological polar surface area (TPSA) is 55.5 Å². The van der Waals surface area contributed by atoms with Crippen molar-refractivity contribution < 1.29 is 9.84 Å². The van der Waals surface area contributed by atoms with Gasteiger partial charge in [0.25, 0.3) is 0 Å². The second kappa shape index (κ2) is 4.91. The molecule has 62 valence electrons. The standard InChI is InChI=1S/C6H13NO2.ClH/c7-6-4-9-2-1-5(6)3-8;/h5-6,8H,1-4,7H2;1H/t5-,6-;/m1./s1. The van der Waals surface area contributed by atoms with Crippen LogP contribution in [0.2, 0.25) is 0 Å². The molecule has 0 amide bonds. The van der Waals surface area contributed by atoms with Gasteiger partial charge in [-0.2, -0.15) is 0 Å². The van der Waals surface area contributed by atoms with Crippen molar-refractivity contribution in [2.24, 2.45) is 11.7 Å². The summed E-state index contributed by atoms with van der Waals surface area (Å²) in [6.07, 6.45) is 0.900. The van der Waals surface area contributed by atoms with E-state index in [1.54, 1.807) is 0 Å². The Morgan fingerprint density at radius 3 is 2.70 bits per heavy atom. The molecule has 0 radical (unpaired) electrons. The first kappa shape index (κ1) is 10.2. The third kappa shape index (κ3) is 2.42. The molecule has 0 aromatic heterocycles. The van der Waals surface area contributed by atoms with Crippen molar-refractivity contribution >= 4 is 12.4 Å². The largest absolute Gasteiger partial charge is 0.396 e. The van der Waals surface area contributed by atoms with E-state index in [1.165, 1.54) is 0 Å². The van der Waals surface area contributed by atoms with Crippen LogP contribution in [0.1, 0.15) is 6.42 Å². The number of nitrogens with two attached hydrogens (primary N) is 1. The molecular weight excluding hydrogens is 154 g/mol. The van der Waals surface area contributed by atoms with Gasteiger partial charge in [-0.3, -0.25) is 0 Å². The van der Waals surface area contributed by atoms with Crippen LogP contribution in [0.4, 0.5) is 0 Å². The van der Waals surface area contributed by atoms with E-state index >= 15 is 0 Å². The van der Waals surface area contributed by atoms with E-state index in [2.05, 4.69) is 0 Å². The smallest absolute Gasteiger partial charge is 0.0621 e. The van der Waals surface area contributed by atoms with E-state index in [1.807, 2.05) is 0 Å². The van der Waals surface area contributed by atoms with E-state index in [4.69, 9.17) is 15.6 Å². The van der Waals surface area contributed by atoms with Gasteiger partial charge in [-0.25, -0.2) is 0 Å². The molecule has 2 atom stereocenters. The van der Waals surface area contributed by atoms with Crippen molar-refractivity contribution in [1.29, 1.82) is 0 Å². The lowest BCUT2D eigenvalue weighted by Gasteiger charge is -2.26. The summed E-state index contributed by atoms with van der Waals surface area (Å²) in [5.41, 5.74) is 5.60. The summed E-state index contributed by atoms with van der Waals surface area (Å²) in [4.78, 5) is 0. The number of hydrogen-bond donors (Lipinski definition) is 2. The second-order valence-electron chi connectivity index (χ2n) is 2.47. The van der Waals surface area contributed by atoms with Gasteiger partial charge in [-0.05, 0) is 6.42 Å². The zero-order valence-electron chi connectivity index (χ0n) is 5.82. The number of halogens is 1. The highest BCUT2D eigenvalue weighted by atomic mass is 35.5. The van der Waals surface area contributed by atoms with Gasteiger partial charge in [0.2, 0.25) is 0 Å². The highest BCUT2D eigenvalue weighted by Gasteiger charge is 2.20. The molecule has 3 nitrogen and oxygen atoms in total. The Kier molecular flexibility index (Phi) is 4.99. The van der Waals surface area contributed by atoms with Crippen LogP contribution in [-0.4, -0.2) is 31.0 Å². The molecular formula is C6H14ClNO2. The normalized spacial score (nSPS) is 33.0. The second-order valence-corrected chi connectivity index (χ2v) is 2.47. The minimum atomic E-state index is 0. The van der Waals surface area contributed by atoms with E-state index in [0.717, 1.165) is 13.0 Å². The monoisotopic (exact) mass is 167 g/mol. The van der Waals surface area contributed by atoms with Gasteiger partial charge in [0.15, 0.2) is 0 Å². The molecule has 1 rings (SSSR count). The van der Waals surface area contributed by atoms with Crippen LogP contribution in [0.3, 0.4) is 0 Å². The Balaban J connectivity index is 0.000000810. The molecule has 0 saturated carbocycles. The fraction of sp³-hybridized carbons (Fsp3) is 1.00. The molecule has 10 heavy (non-hydrogen) atoms. The molecule has 0 bridgehead atoms. The third-order valence-electron chi connectivity index (χ3n) is 1.78. The fourth-order valence-electron chi connectivity index (χ4n) is 1.03. The van der Waals surface area contributed by atoms with Crippen LogP contribution >= 0.6 is 12.4 Å². The maximum atomic E-state index is 8.73. The van der Waals surface area contributed by atoms with E-state index in [-0.39, 0.29) is 31.0 Å². The minimum absolute atomic E-state index is 0. The van der Waals surface area contributed by atoms with Crippen molar-refractivity contribution in [3.05, 3.63) is 0 Å². The maximum Gasteiger partial charge on any atom is 0.0621 e. The predicted molar refractivity (Wildman–Crippen MR) is 41.2 cm³/mol. The summed E-state index contributed by atoms with van der Waals surface area (Å²) in [5.74, 6) is 0.263. The van der Waals surface area contributed by atoms with Crippen LogP contribution in [0.5, 0.6) is 0 Å². The Bertz CT molecular complexity index is 91.8. The Morgan fingerprint density at radius 1 is 1.60 bits per heavy atom. The van der Waals surface area contributed by atoms with Gasteiger partial charge in [0.05, 0.1) is 6.61 Å². The molecule has 0 unspecified atom stereocenters. The van der Waals surface area contributed by atoms with Crippen molar-refractivity contribution in [2.75, 3.05) is 19.8 Å². The quantitative estimate of drug-likeness (QED) is 0.567. The molecule has 4 heteroatoms. The Morgan fingerprint density at radius 2 is 2.30 bits per heavy atom. The number of ether oxygens (including phenoxy) is 1. The molecule has 0 aliphatic carbocycles. The van der Waals surface area contributed by atoms with Gasteiger partial charge < -0.3 is 15.6 Å². The van der Waals surface area contributed by atoms with Gasteiger partial charge in [0, 0.05) is 25.2 Å². The van der Waals surface area contributed by atoms with Gasteiger partial charge in [-0.15, -0.1) is 12.4 Å². The highest BCUT2D eigenvalue weighted by molar-refractivity contribution is 5.85. The highest BCUT2D eigenvalue weighted by Crippen LogP contribution is 2.11. The number of hydrogen-bond acceptors (Lipinski definition) is 3. The summed E-state index contributed by atoms with van der Waals surface area (Å²) in [6.45, 7) is 1.55. The zero-order valence-corrected chi connectivity index (χ0v) is 6.64. The number of aliphatic hydroxyl groups is 1. The number of rotatable bonds is 1. The molecule has 0 spiro atoms. The van der Waals surface area contributed by atoms with Gasteiger partial charge in [0.1, 0.15) is 0 Å². The van der Waals surface area contributed by atoms with Crippen molar-refractivity contribution in [3.63, 3.8) is 0 Å². The predicted octanol–water partition coefficient (Wildman–Crippen LogP) is -0.236. The SMILES string of the molecule is Cl.N[C@@H]1COCC[C@@H]1CO. The first-order valence-electron chi connectivity index (χ1n) is 3.28. The molecule has 0 aromatic rings. The summed E-state index contributed by atoms with van der Waals surface area (Å²) in [6, 6.07) is 0.0451. The molecule has 1 fully saturated rings. The van der Waals surface area contributed by atoms with Crippen molar-refractivity contribution in [3.8, 4) is 0 Å². The van der Waals surface area contributed by atoms with Gasteiger partial charge >= 0.3 is 0 Å². The van der Waals surface area contributed by atoms with Crippen LogP contribution in [0, 0.1) is 5.92 Å². The van der Waals surface area contributed by atoms with Crippen molar-refractivity contribution in [1.82, 2.24) is 0 Å². The summed E-state index contributed by atoms with van der Waals surface area (Å²) in [5, 5.41) is 8.73. The minimum Gasteiger partial charge on any atom is -0.396 e. The average molecular weight is 168 g/mol. The zero-order chi connectivity index (χ0) is 6.69. The Labute approximate surface area is 67.0 Å². The maximum absolute atomic E-state index is 8.73. The molecule has 3 N–H and O–H groups in total. The first-order valence-corrected chi connectivity index (χ1v) is 3.28. The van der Waals surface area contributed by atoms with Crippen LogP contribution in [0.25, 0.3) is 0 Å². The summed E-state index contributed by atoms with van der Waals surface area (Å²) < 4.78 is 5.08. The lowest BCUT2D eigenvalue weighted by atomic mass is 9.97. The van der Waals surface area contributed by atoms with E-state index in [9.17, 15) is 0 Å². The summed E-state index contributed by atoms with van der Waals surface area (Å²) >= 11 is 0. The van der Waals surface area contributed by atoms with E-state index < -0.39 is 0 Å². The van der Waals surface area contributed by atoms with Crippen LogP contribution in [0.15, 0.2) is 0 Å². The first-order chi connectivity index (χ1) is 4.34. The van der Waals surface area contributed by atoms with Crippen LogP contribution < -0.4 is 5.73 Å². The fourth-order valence-corrected chi connectivity index (χ4v) is 1.03. The van der Waals surface area contributed by atoms with Crippen LogP contribution in [-0.2, 0) is 4.74 Å². The average Bonchev–Trinajstić information content (AvgIpc) is 1.89. The molecule has 0 aromatic carbocycles. The van der Waals surface area contributed by atoms with Crippen molar-refractivity contribution in [2.45, 2.75) is 12.5 Å². The van der Waals surface area contributed by atoms with E-state index in [0.29, 0.717) is 6.61 Å². The molecule has 1 aliphatic heterocycles. The van der Waals surface area contributed by atoms with Gasteiger partial charge in [-0.1, -0.05) is 0 Å².